The fourth-order valence-electron chi connectivity index (χ4n) is 1.84. The van der Waals surface area contributed by atoms with Crippen LogP contribution in [0.1, 0.15) is 39.5 Å². The van der Waals surface area contributed by atoms with Crippen LogP contribution in [0.3, 0.4) is 0 Å². The highest BCUT2D eigenvalue weighted by molar-refractivity contribution is 5.94. The van der Waals surface area contributed by atoms with E-state index in [9.17, 15) is 26.7 Å². The smallest absolute Gasteiger partial charge is 0.253 e. The molecular weight excluding hydrogens is 321 g/mol. The number of rotatable bonds is 8. The number of hydrogen-bond acceptors (Lipinski definition) is 2. The lowest BCUT2D eigenvalue weighted by molar-refractivity contribution is -0.128. The van der Waals surface area contributed by atoms with Gasteiger partial charge in [-0.15, -0.1) is 0 Å². The van der Waals surface area contributed by atoms with Crippen LogP contribution in [-0.2, 0) is 9.53 Å². The maximum atomic E-state index is 13.5. The van der Waals surface area contributed by atoms with Gasteiger partial charge in [0.15, 0.2) is 23.3 Å². The number of benzene rings is 1. The van der Waals surface area contributed by atoms with Gasteiger partial charge in [0.05, 0.1) is 0 Å². The molecule has 23 heavy (non-hydrogen) atoms. The van der Waals surface area contributed by atoms with Crippen LogP contribution in [0.2, 0.25) is 0 Å². The molecule has 1 amide bonds. The molecule has 0 aliphatic rings. The third-order valence-electron chi connectivity index (χ3n) is 3.12. The molecule has 0 fully saturated rings. The largest absolute Gasteiger partial charge is 0.368 e. The summed E-state index contributed by atoms with van der Waals surface area (Å²) in [4.78, 5) is 12.0. The number of nitrogens with one attached hydrogen (secondary N) is 1. The van der Waals surface area contributed by atoms with Crippen molar-refractivity contribution in [2.24, 2.45) is 0 Å². The number of halogens is 5. The number of hydrogen-bond donors (Lipinski definition) is 1. The van der Waals surface area contributed by atoms with Crippen LogP contribution >= 0.6 is 0 Å². The molecule has 0 saturated carbocycles. The summed E-state index contributed by atoms with van der Waals surface area (Å²) in [6.45, 7) is 3.93. The Hall–Kier alpha value is -1.70. The minimum atomic E-state index is -2.28. The summed E-state index contributed by atoms with van der Waals surface area (Å²) in [7, 11) is 0. The SMILES string of the molecule is CCCCOC(CCC)C(=O)Nc1c(F)c(F)c(F)c(F)c1F. The second-order valence-corrected chi connectivity index (χ2v) is 4.94. The minimum absolute atomic E-state index is 0.255. The maximum absolute atomic E-state index is 13.5. The molecule has 1 aromatic carbocycles. The highest BCUT2D eigenvalue weighted by Gasteiger charge is 2.28. The topological polar surface area (TPSA) is 38.3 Å². The van der Waals surface area contributed by atoms with Gasteiger partial charge in [-0.25, -0.2) is 22.0 Å². The zero-order valence-electron chi connectivity index (χ0n) is 12.8. The molecule has 1 unspecified atom stereocenters. The van der Waals surface area contributed by atoms with Crippen LogP contribution in [-0.4, -0.2) is 18.6 Å². The van der Waals surface area contributed by atoms with Gasteiger partial charge in [0.25, 0.3) is 5.91 Å². The molecule has 1 rings (SSSR count). The fraction of sp³-hybridized carbons (Fsp3) is 0.533. The van der Waals surface area contributed by atoms with Gasteiger partial charge in [-0.1, -0.05) is 26.7 Å². The Morgan fingerprint density at radius 1 is 0.957 bits per heavy atom. The molecule has 8 heteroatoms. The highest BCUT2D eigenvalue weighted by atomic mass is 19.2. The number of anilines is 1. The van der Waals surface area contributed by atoms with Crippen molar-refractivity contribution in [2.45, 2.75) is 45.6 Å². The number of amides is 1. The average Bonchev–Trinajstić information content (AvgIpc) is 2.54. The quantitative estimate of drug-likeness (QED) is 0.332. The Labute approximate surface area is 130 Å². The zero-order chi connectivity index (χ0) is 17.6. The summed E-state index contributed by atoms with van der Waals surface area (Å²) >= 11 is 0. The normalized spacial score (nSPS) is 12.3. The molecule has 0 aliphatic heterocycles. The van der Waals surface area contributed by atoms with E-state index in [2.05, 4.69) is 0 Å². The molecule has 1 aromatic rings. The summed E-state index contributed by atoms with van der Waals surface area (Å²) in [6, 6.07) is 0. The van der Waals surface area contributed by atoms with Gasteiger partial charge in [0, 0.05) is 6.61 Å². The van der Waals surface area contributed by atoms with Crippen molar-refractivity contribution in [2.75, 3.05) is 11.9 Å². The van der Waals surface area contributed by atoms with Crippen molar-refractivity contribution in [1.29, 1.82) is 0 Å². The van der Waals surface area contributed by atoms with E-state index >= 15 is 0 Å². The lowest BCUT2D eigenvalue weighted by Gasteiger charge is -2.18. The van der Waals surface area contributed by atoms with Gasteiger partial charge < -0.3 is 10.1 Å². The van der Waals surface area contributed by atoms with E-state index in [1.807, 2.05) is 6.92 Å². The monoisotopic (exact) mass is 339 g/mol. The van der Waals surface area contributed by atoms with E-state index in [0.717, 1.165) is 6.42 Å². The summed E-state index contributed by atoms with van der Waals surface area (Å²) in [6.07, 6.45) is 1.27. The van der Waals surface area contributed by atoms with Crippen LogP contribution in [0, 0.1) is 29.1 Å². The first-order valence-electron chi connectivity index (χ1n) is 7.28. The first kappa shape index (κ1) is 19.3. The molecule has 0 radical (unpaired) electrons. The lowest BCUT2D eigenvalue weighted by atomic mass is 10.1. The highest BCUT2D eigenvalue weighted by Crippen LogP contribution is 2.27. The lowest BCUT2D eigenvalue weighted by Crippen LogP contribution is -2.32. The van der Waals surface area contributed by atoms with Gasteiger partial charge in [-0.3, -0.25) is 4.79 Å². The molecule has 1 atom stereocenters. The van der Waals surface area contributed by atoms with Crippen LogP contribution in [0.25, 0.3) is 0 Å². The standard InChI is InChI=1S/C15H18F5NO2/c1-3-5-7-23-8(6-4-2)15(22)21-14-12(19)10(17)9(16)11(18)13(14)20/h8H,3-7H2,1-2H3,(H,21,22). The second-order valence-electron chi connectivity index (χ2n) is 4.94. The zero-order valence-corrected chi connectivity index (χ0v) is 12.8. The number of ether oxygens (including phenoxy) is 1. The van der Waals surface area contributed by atoms with Gasteiger partial charge in [-0.2, -0.15) is 0 Å². The Kier molecular flexibility index (Phi) is 7.41. The Morgan fingerprint density at radius 3 is 1.96 bits per heavy atom. The predicted octanol–water partition coefficient (Wildman–Crippen LogP) is 4.31. The molecule has 0 saturated heterocycles. The van der Waals surface area contributed by atoms with Gasteiger partial charge in [0.1, 0.15) is 11.8 Å². The third kappa shape index (κ3) is 4.63. The van der Waals surface area contributed by atoms with E-state index in [1.165, 1.54) is 0 Å². The molecule has 130 valence electrons. The summed E-state index contributed by atoms with van der Waals surface area (Å²) in [5, 5.41) is 1.74. The summed E-state index contributed by atoms with van der Waals surface area (Å²) < 4.78 is 71.6. The van der Waals surface area contributed by atoms with Crippen molar-refractivity contribution >= 4 is 11.6 Å². The molecule has 0 aromatic heterocycles. The van der Waals surface area contributed by atoms with Crippen LogP contribution in [0.5, 0.6) is 0 Å². The van der Waals surface area contributed by atoms with Crippen LogP contribution in [0.15, 0.2) is 0 Å². The molecule has 3 nitrogen and oxygen atoms in total. The van der Waals surface area contributed by atoms with Crippen molar-refractivity contribution in [3.63, 3.8) is 0 Å². The Bertz CT molecular complexity index is 536. The number of unbranched alkanes of at least 4 members (excludes halogenated alkanes) is 1. The van der Waals surface area contributed by atoms with Crippen molar-refractivity contribution in [3.05, 3.63) is 29.1 Å². The van der Waals surface area contributed by atoms with Gasteiger partial charge in [-0.05, 0) is 12.8 Å². The predicted molar refractivity (Wildman–Crippen MR) is 74.4 cm³/mol. The van der Waals surface area contributed by atoms with Gasteiger partial charge in [0.2, 0.25) is 5.82 Å². The fourth-order valence-corrected chi connectivity index (χ4v) is 1.84. The Balaban J connectivity index is 2.98. The van der Waals surface area contributed by atoms with E-state index in [1.54, 1.807) is 12.2 Å². The minimum Gasteiger partial charge on any atom is -0.368 e. The van der Waals surface area contributed by atoms with Crippen molar-refractivity contribution < 1.29 is 31.5 Å². The molecule has 0 bridgehead atoms. The van der Waals surface area contributed by atoms with Crippen LogP contribution in [0.4, 0.5) is 27.6 Å². The first-order chi connectivity index (χ1) is 10.8. The van der Waals surface area contributed by atoms with E-state index < -0.39 is 46.8 Å². The molecule has 0 heterocycles. The molecular formula is C15H18F5NO2. The van der Waals surface area contributed by atoms with E-state index in [4.69, 9.17) is 4.74 Å². The van der Waals surface area contributed by atoms with Gasteiger partial charge >= 0.3 is 0 Å². The summed E-state index contributed by atoms with van der Waals surface area (Å²) in [5.41, 5.74) is -1.37. The molecule has 1 N–H and O–H groups in total. The van der Waals surface area contributed by atoms with Crippen LogP contribution < -0.4 is 5.32 Å². The third-order valence-corrected chi connectivity index (χ3v) is 3.12. The second kappa shape index (κ2) is 8.81. The maximum Gasteiger partial charge on any atom is 0.253 e. The molecule has 0 aliphatic carbocycles. The van der Waals surface area contributed by atoms with E-state index in [-0.39, 0.29) is 13.0 Å². The first-order valence-corrected chi connectivity index (χ1v) is 7.28. The number of carbonyl (C=O) groups excluding carboxylic acids is 1. The molecule has 0 spiro atoms. The van der Waals surface area contributed by atoms with Crippen molar-refractivity contribution in [3.8, 4) is 0 Å². The van der Waals surface area contributed by atoms with Crippen molar-refractivity contribution in [1.82, 2.24) is 0 Å². The van der Waals surface area contributed by atoms with E-state index in [0.29, 0.717) is 12.8 Å². The summed E-state index contributed by atoms with van der Waals surface area (Å²) in [5.74, 6) is -11.6. The average molecular weight is 339 g/mol. The Morgan fingerprint density at radius 2 is 1.48 bits per heavy atom. The number of carbonyl (C=O) groups is 1.